The summed E-state index contributed by atoms with van der Waals surface area (Å²) in [5.41, 5.74) is 5.80. The topological polar surface area (TPSA) is 95.6 Å². The number of amides is 1. The first-order valence-electron chi connectivity index (χ1n) is 14.0. The fourth-order valence-electron chi connectivity index (χ4n) is 9.31. The summed E-state index contributed by atoms with van der Waals surface area (Å²) in [4.78, 5) is 12.3. The number of carbonyl (C=O) groups excluding carboxylic acids is 1. The van der Waals surface area contributed by atoms with E-state index in [0.29, 0.717) is 42.6 Å². The predicted molar refractivity (Wildman–Crippen MR) is 132 cm³/mol. The van der Waals surface area contributed by atoms with Crippen molar-refractivity contribution < 1.29 is 15.0 Å². The summed E-state index contributed by atoms with van der Waals surface area (Å²) in [5.74, 6) is 3.67. The maximum Gasteiger partial charge on any atom is 0.220 e. The first-order chi connectivity index (χ1) is 15.7. The molecule has 0 aliphatic heterocycles. The van der Waals surface area contributed by atoms with Gasteiger partial charge >= 0.3 is 0 Å². The van der Waals surface area contributed by atoms with Gasteiger partial charge in [0.05, 0.1) is 12.2 Å². The molecule has 1 amide bonds. The Bertz CT molecular complexity index is 686. The lowest BCUT2D eigenvalue weighted by molar-refractivity contribution is -0.174. The smallest absolute Gasteiger partial charge is 0.220 e. The van der Waals surface area contributed by atoms with Crippen molar-refractivity contribution in [3.8, 4) is 0 Å². The minimum Gasteiger partial charge on any atom is -0.393 e. The molecule has 4 aliphatic carbocycles. The van der Waals surface area contributed by atoms with Crippen LogP contribution in [0.1, 0.15) is 97.8 Å². The van der Waals surface area contributed by atoms with E-state index in [1.165, 1.54) is 25.7 Å². The lowest BCUT2D eigenvalue weighted by Crippen LogP contribution is -2.58. The highest BCUT2D eigenvalue weighted by molar-refractivity contribution is 5.75. The molecule has 0 aromatic carbocycles. The van der Waals surface area contributed by atoms with Gasteiger partial charge in [-0.05, 0) is 124 Å². The maximum absolute atomic E-state index is 12.3. The normalized spacial score (nSPS) is 45.6. The summed E-state index contributed by atoms with van der Waals surface area (Å²) in [7, 11) is 0. The van der Waals surface area contributed by atoms with Crippen LogP contribution < -0.4 is 11.1 Å². The highest BCUT2D eigenvalue weighted by Crippen LogP contribution is 2.68. The maximum atomic E-state index is 12.3. The van der Waals surface area contributed by atoms with Gasteiger partial charge in [0.2, 0.25) is 5.91 Å². The molecule has 4 fully saturated rings. The Morgan fingerprint density at radius 3 is 2.61 bits per heavy atom. The standard InChI is InChI=1S/C28H50N2O3/c1-18(6-11-26(33)30-15-5-4-14-29)22-9-10-23-21-8-7-19-16-20(31)12-13-27(19,2)24(21)17-25(32)28(22,23)3/h18-25,31-32H,4-17,29H2,1-3H3,(H,30,33)/t18-,19?,20-,21?,22?,23?,24?,25+,27?,28?/m1/s1. The average Bonchev–Trinajstić information content (AvgIpc) is 3.15. The molecule has 4 saturated carbocycles. The molecular formula is C28H50N2O3. The molecule has 0 bridgehead atoms. The number of aliphatic hydroxyl groups excluding tert-OH is 2. The van der Waals surface area contributed by atoms with Crippen LogP contribution in [0.15, 0.2) is 0 Å². The minimum atomic E-state index is -0.244. The van der Waals surface area contributed by atoms with Crippen molar-refractivity contribution in [1.29, 1.82) is 0 Å². The van der Waals surface area contributed by atoms with E-state index in [4.69, 9.17) is 5.73 Å². The Morgan fingerprint density at radius 1 is 1.06 bits per heavy atom. The zero-order chi connectivity index (χ0) is 23.8. The summed E-state index contributed by atoms with van der Waals surface area (Å²) in [5, 5.41) is 25.0. The quantitative estimate of drug-likeness (QED) is 0.406. The number of hydrogen-bond acceptors (Lipinski definition) is 4. The van der Waals surface area contributed by atoms with Gasteiger partial charge in [-0.15, -0.1) is 0 Å². The summed E-state index contributed by atoms with van der Waals surface area (Å²) >= 11 is 0. The molecule has 4 rings (SSSR count). The van der Waals surface area contributed by atoms with Gasteiger partial charge in [0.15, 0.2) is 0 Å². The van der Waals surface area contributed by atoms with Gasteiger partial charge in [0, 0.05) is 13.0 Å². The van der Waals surface area contributed by atoms with E-state index in [0.717, 1.165) is 57.4 Å². The van der Waals surface area contributed by atoms with Crippen LogP contribution in [0.2, 0.25) is 0 Å². The number of rotatable bonds is 8. The monoisotopic (exact) mass is 462 g/mol. The van der Waals surface area contributed by atoms with Gasteiger partial charge in [-0.3, -0.25) is 4.79 Å². The number of unbranched alkanes of at least 4 members (excludes halogenated alkanes) is 1. The molecule has 5 N–H and O–H groups in total. The lowest BCUT2D eigenvalue weighted by Gasteiger charge is -2.62. The van der Waals surface area contributed by atoms with E-state index in [2.05, 4.69) is 26.1 Å². The summed E-state index contributed by atoms with van der Waals surface area (Å²) < 4.78 is 0. The summed E-state index contributed by atoms with van der Waals surface area (Å²) in [6, 6.07) is 0. The first kappa shape index (κ1) is 25.4. The van der Waals surface area contributed by atoms with Crippen LogP contribution in [0.5, 0.6) is 0 Å². The van der Waals surface area contributed by atoms with E-state index in [9.17, 15) is 15.0 Å². The number of nitrogens with one attached hydrogen (secondary N) is 1. The average molecular weight is 463 g/mol. The Hall–Kier alpha value is -0.650. The Labute approximate surface area is 201 Å². The Kier molecular flexibility index (Phi) is 7.82. The van der Waals surface area contributed by atoms with Crippen LogP contribution in [0.4, 0.5) is 0 Å². The summed E-state index contributed by atoms with van der Waals surface area (Å²) in [6.45, 7) is 8.60. The molecule has 0 radical (unpaired) electrons. The zero-order valence-corrected chi connectivity index (χ0v) is 21.4. The molecule has 0 saturated heterocycles. The fourth-order valence-corrected chi connectivity index (χ4v) is 9.31. The van der Waals surface area contributed by atoms with Gasteiger partial charge in [-0.1, -0.05) is 20.8 Å². The van der Waals surface area contributed by atoms with Gasteiger partial charge in [-0.25, -0.2) is 0 Å². The molecule has 190 valence electrons. The molecule has 7 unspecified atom stereocenters. The van der Waals surface area contributed by atoms with Gasteiger partial charge in [0.25, 0.3) is 0 Å². The van der Waals surface area contributed by atoms with Gasteiger partial charge < -0.3 is 21.3 Å². The lowest BCUT2D eigenvalue weighted by atomic mass is 9.43. The Balaban J connectivity index is 1.40. The largest absolute Gasteiger partial charge is 0.393 e. The molecule has 33 heavy (non-hydrogen) atoms. The van der Waals surface area contributed by atoms with Crippen molar-refractivity contribution >= 4 is 5.91 Å². The highest BCUT2D eigenvalue weighted by Gasteiger charge is 2.63. The van der Waals surface area contributed by atoms with Crippen LogP contribution in [-0.4, -0.2) is 41.4 Å². The highest BCUT2D eigenvalue weighted by atomic mass is 16.3. The van der Waals surface area contributed by atoms with Crippen molar-refractivity contribution in [2.45, 2.75) is 110 Å². The molecule has 0 heterocycles. The molecular weight excluding hydrogens is 412 g/mol. The predicted octanol–water partition coefficient (Wildman–Crippen LogP) is 4.25. The third-order valence-corrected chi connectivity index (χ3v) is 11.3. The molecule has 0 spiro atoms. The zero-order valence-electron chi connectivity index (χ0n) is 21.4. The van der Waals surface area contributed by atoms with Crippen molar-refractivity contribution in [2.75, 3.05) is 13.1 Å². The van der Waals surface area contributed by atoms with Crippen molar-refractivity contribution in [2.24, 2.45) is 52.1 Å². The Morgan fingerprint density at radius 2 is 1.85 bits per heavy atom. The number of carbonyl (C=O) groups is 1. The minimum absolute atomic E-state index is 0.0183. The third-order valence-electron chi connectivity index (χ3n) is 11.3. The van der Waals surface area contributed by atoms with E-state index in [1.807, 2.05) is 0 Å². The van der Waals surface area contributed by atoms with Crippen LogP contribution in [-0.2, 0) is 4.79 Å². The number of aliphatic hydroxyl groups is 2. The molecule has 4 aliphatic rings. The number of fused-ring (bicyclic) bond motifs is 5. The van der Waals surface area contributed by atoms with Crippen molar-refractivity contribution in [1.82, 2.24) is 5.32 Å². The first-order valence-corrected chi connectivity index (χ1v) is 14.0. The third kappa shape index (κ3) is 4.63. The van der Waals surface area contributed by atoms with Crippen molar-refractivity contribution in [3.63, 3.8) is 0 Å². The molecule has 5 nitrogen and oxygen atoms in total. The number of nitrogens with two attached hydrogens (primary N) is 1. The second-order valence-electron chi connectivity index (χ2n) is 12.7. The van der Waals surface area contributed by atoms with E-state index < -0.39 is 0 Å². The molecule has 0 aromatic heterocycles. The summed E-state index contributed by atoms with van der Waals surface area (Å²) in [6.07, 6.45) is 12.0. The van der Waals surface area contributed by atoms with Crippen LogP contribution in [0, 0.1) is 46.3 Å². The second-order valence-corrected chi connectivity index (χ2v) is 12.7. The molecule has 5 heteroatoms. The molecule has 0 aromatic rings. The van der Waals surface area contributed by atoms with E-state index >= 15 is 0 Å². The fraction of sp³-hybridized carbons (Fsp3) is 0.964. The molecule has 10 atom stereocenters. The SMILES string of the molecule is C[C@H](CCC(=O)NCCCCN)C1CCC2C3CCC4C[C@H](O)CCC4(C)C3C[C@H](O)C21C. The van der Waals surface area contributed by atoms with Crippen LogP contribution in [0.25, 0.3) is 0 Å². The second kappa shape index (κ2) is 10.1. The van der Waals surface area contributed by atoms with Crippen LogP contribution >= 0.6 is 0 Å². The van der Waals surface area contributed by atoms with E-state index in [-0.39, 0.29) is 28.9 Å². The number of hydrogen-bond donors (Lipinski definition) is 4. The van der Waals surface area contributed by atoms with Gasteiger partial charge in [0.1, 0.15) is 0 Å². The van der Waals surface area contributed by atoms with E-state index in [1.54, 1.807) is 0 Å². The van der Waals surface area contributed by atoms with Crippen molar-refractivity contribution in [3.05, 3.63) is 0 Å². The van der Waals surface area contributed by atoms with Gasteiger partial charge in [-0.2, -0.15) is 0 Å². The van der Waals surface area contributed by atoms with Crippen LogP contribution in [0.3, 0.4) is 0 Å².